The predicted molar refractivity (Wildman–Crippen MR) is 95.9 cm³/mol. The van der Waals surface area contributed by atoms with E-state index in [1.807, 2.05) is 48.5 Å². The minimum atomic E-state index is -0.221. The van der Waals surface area contributed by atoms with Crippen LogP contribution in [0.4, 0.5) is 0 Å². The second-order valence-electron chi connectivity index (χ2n) is 5.80. The van der Waals surface area contributed by atoms with Crippen molar-refractivity contribution in [1.29, 1.82) is 5.26 Å². The number of nitriles is 1. The van der Waals surface area contributed by atoms with E-state index in [0.717, 1.165) is 16.5 Å². The van der Waals surface area contributed by atoms with Crippen LogP contribution in [0.3, 0.4) is 0 Å². The van der Waals surface area contributed by atoms with E-state index in [2.05, 4.69) is 10.3 Å². The molecule has 0 unspecified atom stereocenters. The van der Waals surface area contributed by atoms with Crippen molar-refractivity contribution in [3.63, 3.8) is 0 Å². The second kappa shape index (κ2) is 6.73. The summed E-state index contributed by atoms with van der Waals surface area (Å²) in [5.41, 5.74) is 2.77. The molecule has 0 atom stereocenters. The number of hydrogen-bond donors (Lipinski definition) is 1. The van der Waals surface area contributed by atoms with Crippen LogP contribution in [0, 0.1) is 11.3 Å². The van der Waals surface area contributed by atoms with Crippen molar-refractivity contribution >= 4 is 16.8 Å². The normalized spacial score (nSPS) is 12.0. The Hall–Kier alpha value is -3.59. The van der Waals surface area contributed by atoms with Crippen LogP contribution in [0.2, 0.25) is 0 Å². The Labute approximate surface area is 150 Å². The monoisotopic (exact) mass is 345 g/mol. The van der Waals surface area contributed by atoms with Crippen LogP contribution in [0.5, 0.6) is 11.5 Å². The van der Waals surface area contributed by atoms with Crippen molar-refractivity contribution in [3.05, 3.63) is 54.1 Å². The summed E-state index contributed by atoms with van der Waals surface area (Å²) in [6, 6.07) is 16.9. The molecule has 0 radical (unpaired) electrons. The number of carbonyl (C=O) groups is 1. The Balaban J connectivity index is 1.79. The van der Waals surface area contributed by atoms with E-state index in [-0.39, 0.29) is 19.1 Å². The molecule has 4 rings (SSSR count). The maximum absolute atomic E-state index is 12.6. The summed E-state index contributed by atoms with van der Waals surface area (Å²) < 4.78 is 10.8. The topological polar surface area (TPSA) is 84.2 Å². The number of fused-ring (bicyclic) bond motifs is 2. The average Bonchev–Trinajstić information content (AvgIpc) is 3.15. The Morgan fingerprint density at radius 1 is 1.15 bits per heavy atom. The molecule has 0 fully saturated rings. The third kappa shape index (κ3) is 2.91. The third-order valence-electron chi connectivity index (χ3n) is 4.15. The summed E-state index contributed by atoms with van der Waals surface area (Å²) in [6.07, 6.45) is 0.268. The van der Waals surface area contributed by atoms with Crippen molar-refractivity contribution in [2.45, 2.75) is 6.42 Å². The van der Waals surface area contributed by atoms with Crippen LogP contribution in [0.15, 0.2) is 48.5 Å². The van der Waals surface area contributed by atoms with Gasteiger partial charge in [-0.05, 0) is 30.3 Å². The van der Waals surface area contributed by atoms with Gasteiger partial charge in [0.2, 0.25) is 6.79 Å². The van der Waals surface area contributed by atoms with Gasteiger partial charge in [-0.15, -0.1) is 0 Å². The summed E-state index contributed by atoms with van der Waals surface area (Å²) in [7, 11) is 0. The fourth-order valence-electron chi connectivity index (χ4n) is 2.89. The van der Waals surface area contributed by atoms with Gasteiger partial charge < -0.3 is 14.8 Å². The number of benzene rings is 2. The zero-order valence-electron chi connectivity index (χ0n) is 13.9. The molecule has 1 aromatic heterocycles. The van der Waals surface area contributed by atoms with Crippen molar-refractivity contribution in [1.82, 2.24) is 10.3 Å². The fourth-order valence-corrected chi connectivity index (χ4v) is 2.89. The van der Waals surface area contributed by atoms with Gasteiger partial charge in [-0.25, -0.2) is 4.98 Å². The minimum Gasteiger partial charge on any atom is -0.454 e. The maximum Gasteiger partial charge on any atom is 0.252 e. The van der Waals surface area contributed by atoms with E-state index in [4.69, 9.17) is 14.7 Å². The third-order valence-corrected chi connectivity index (χ3v) is 4.15. The molecule has 2 aromatic carbocycles. The summed E-state index contributed by atoms with van der Waals surface area (Å²) in [6.45, 7) is 0.516. The standard InChI is InChI=1S/C20H15N3O3/c21-8-3-9-22-20(24)15-11-17(23-16-5-2-1-4-14(15)16)13-6-7-18-19(10-13)26-12-25-18/h1-2,4-7,10-11H,3,9,12H2,(H,22,24). The number of hydrogen-bond acceptors (Lipinski definition) is 5. The molecule has 1 aliphatic rings. The Morgan fingerprint density at radius 3 is 2.88 bits per heavy atom. The molecular weight excluding hydrogens is 330 g/mol. The van der Waals surface area contributed by atoms with Gasteiger partial charge >= 0.3 is 0 Å². The van der Waals surface area contributed by atoms with Gasteiger partial charge in [0.25, 0.3) is 5.91 Å². The zero-order chi connectivity index (χ0) is 17.9. The van der Waals surface area contributed by atoms with Crippen LogP contribution in [-0.4, -0.2) is 24.2 Å². The Kier molecular flexibility index (Phi) is 4.12. The van der Waals surface area contributed by atoms with Crippen molar-refractivity contribution < 1.29 is 14.3 Å². The molecule has 0 saturated heterocycles. The highest BCUT2D eigenvalue weighted by Crippen LogP contribution is 2.36. The first-order chi connectivity index (χ1) is 12.8. The van der Waals surface area contributed by atoms with Gasteiger partial charge in [0, 0.05) is 17.5 Å². The quantitative estimate of drug-likeness (QED) is 0.734. The number of ether oxygens (including phenoxy) is 2. The summed E-state index contributed by atoms with van der Waals surface area (Å²) >= 11 is 0. The molecule has 1 aliphatic heterocycles. The number of nitrogens with one attached hydrogen (secondary N) is 1. The van der Waals surface area contributed by atoms with Crippen LogP contribution in [-0.2, 0) is 0 Å². The van der Waals surface area contributed by atoms with Gasteiger partial charge in [0.05, 0.1) is 29.3 Å². The van der Waals surface area contributed by atoms with Crippen LogP contribution < -0.4 is 14.8 Å². The van der Waals surface area contributed by atoms with Gasteiger partial charge in [-0.2, -0.15) is 5.26 Å². The maximum atomic E-state index is 12.6. The number of pyridine rings is 1. The van der Waals surface area contributed by atoms with Crippen molar-refractivity contribution in [2.24, 2.45) is 0 Å². The predicted octanol–water partition coefficient (Wildman–Crippen LogP) is 3.27. The number of aromatic nitrogens is 1. The molecule has 128 valence electrons. The van der Waals surface area contributed by atoms with Gasteiger partial charge in [0.15, 0.2) is 11.5 Å². The number of carbonyl (C=O) groups excluding carboxylic acids is 1. The average molecular weight is 345 g/mol. The van der Waals surface area contributed by atoms with E-state index in [1.54, 1.807) is 6.07 Å². The molecule has 6 heteroatoms. The van der Waals surface area contributed by atoms with Gasteiger partial charge in [0.1, 0.15) is 0 Å². The lowest BCUT2D eigenvalue weighted by Crippen LogP contribution is -2.24. The van der Waals surface area contributed by atoms with Crippen LogP contribution in [0.1, 0.15) is 16.8 Å². The van der Waals surface area contributed by atoms with E-state index in [0.29, 0.717) is 29.3 Å². The molecule has 0 spiro atoms. The number of para-hydroxylation sites is 1. The lowest BCUT2D eigenvalue weighted by atomic mass is 10.0. The molecule has 26 heavy (non-hydrogen) atoms. The number of amides is 1. The first-order valence-corrected chi connectivity index (χ1v) is 8.21. The highest BCUT2D eigenvalue weighted by molar-refractivity contribution is 6.07. The first-order valence-electron chi connectivity index (χ1n) is 8.21. The fraction of sp³-hybridized carbons (Fsp3) is 0.150. The smallest absolute Gasteiger partial charge is 0.252 e. The lowest BCUT2D eigenvalue weighted by molar-refractivity contribution is 0.0956. The molecule has 1 amide bonds. The summed E-state index contributed by atoms with van der Waals surface area (Å²) in [4.78, 5) is 17.3. The molecular formula is C20H15N3O3. The van der Waals surface area contributed by atoms with Crippen LogP contribution >= 0.6 is 0 Å². The summed E-state index contributed by atoms with van der Waals surface area (Å²) in [5.74, 6) is 1.14. The largest absolute Gasteiger partial charge is 0.454 e. The van der Waals surface area contributed by atoms with E-state index in [9.17, 15) is 4.79 Å². The van der Waals surface area contributed by atoms with Gasteiger partial charge in [-0.1, -0.05) is 18.2 Å². The van der Waals surface area contributed by atoms with Gasteiger partial charge in [-0.3, -0.25) is 4.79 Å². The van der Waals surface area contributed by atoms with Crippen molar-refractivity contribution in [3.8, 4) is 28.8 Å². The lowest BCUT2D eigenvalue weighted by Gasteiger charge is -2.10. The minimum absolute atomic E-state index is 0.205. The van der Waals surface area contributed by atoms with E-state index >= 15 is 0 Å². The number of rotatable bonds is 4. The van der Waals surface area contributed by atoms with E-state index in [1.165, 1.54) is 0 Å². The molecule has 3 aromatic rings. The molecule has 2 heterocycles. The molecule has 0 saturated carbocycles. The SMILES string of the molecule is N#CCCNC(=O)c1cc(-c2ccc3c(c2)OCO3)nc2ccccc12. The Bertz CT molecular complexity index is 1040. The van der Waals surface area contributed by atoms with Crippen molar-refractivity contribution in [2.75, 3.05) is 13.3 Å². The molecule has 1 N–H and O–H groups in total. The Morgan fingerprint density at radius 2 is 2.00 bits per heavy atom. The second-order valence-corrected chi connectivity index (χ2v) is 5.80. The highest BCUT2D eigenvalue weighted by atomic mass is 16.7. The first kappa shape index (κ1) is 15.9. The summed E-state index contributed by atoms with van der Waals surface area (Å²) in [5, 5.41) is 12.2. The van der Waals surface area contributed by atoms with Crippen LogP contribution in [0.25, 0.3) is 22.2 Å². The molecule has 6 nitrogen and oxygen atoms in total. The highest BCUT2D eigenvalue weighted by Gasteiger charge is 2.17. The molecule has 0 aliphatic carbocycles. The molecule has 0 bridgehead atoms. The van der Waals surface area contributed by atoms with E-state index < -0.39 is 0 Å². The number of nitrogens with zero attached hydrogens (tertiary/aromatic N) is 2. The zero-order valence-corrected chi connectivity index (χ0v) is 13.9.